The lowest BCUT2D eigenvalue weighted by molar-refractivity contribution is 0.462. The summed E-state index contributed by atoms with van der Waals surface area (Å²) in [6, 6.07) is 6.65. The van der Waals surface area contributed by atoms with Crippen LogP contribution in [-0.2, 0) is 6.42 Å². The fraction of sp³-hybridized carbons (Fsp3) is 0.0769. The first-order valence-corrected chi connectivity index (χ1v) is 5.13. The highest BCUT2D eigenvalue weighted by atomic mass is 16.3. The zero-order valence-electron chi connectivity index (χ0n) is 9.06. The fourth-order valence-corrected chi connectivity index (χ4v) is 1.71. The number of aromatic nitrogens is 1. The van der Waals surface area contributed by atoms with Gasteiger partial charge in [-0.15, -0.1) is 6.58 Å². The molecular formula is C13H11NO3. The highest BCUT2D eigenvalue weighted by Gasteiger charge is 2.10. The van der Waals surface area contributed by atoms with Crippen LogP contribution in [0.3, 0.4) is 0 Å². The molecule has 0 bridgehead atoms. The molecular weight excluding hydrogens is 218 g/mol. The summed E-state index contributed by atoms with van der Waals surface area (Å²) >= 11 is 0. The van der Waals surface area contributed by atoms with E-state index in [4.69, 9.17) is 0 Å². The summed E-state index contributed by atoms with van der Waals surface area (Å²) in [7, 11) is 0. The van der Waals surface area contributed by atoms with Crippen molar-refractivity contribution in [3.05, 3.63) is 63.1 Å². The lowest BCUT2D eigenvalue weighted by atomic mass is 10.1. The van der Waals surface area contributed by atoms with Gasteiger partial charge in [-0.05, 0) is 18.6 Å². The van der Waals surface area contributed by atoms with E-state index in [0.717, 1.165) is 0 Å². The summed E-state index contributed by atoms with van der Waals surface area (Å²) in [6.07, 6.45) is 1.64. The van der Waals surface area contributed by atoms with E-state index in [0.29, 0.717) is 10.9 Å². The minimum absolute atomic E-state index is 0.0717. The molecule has 86 valence electrons. The average molecular weight is 229 g/mol. The Bertz CT molecular complexity index is 701. The van der Waals surface area contributed by atoms with Crippen molar-refractivity contribution in [3.8, 4) is 5.75 Å². The number of benzene rings is 1. The number of nitrogens with one attached hydrogen (secondary N) is 1. The molecule has 0 aliphatic rings. The van der Waals surface area contributed by atoms with Crippen molar-refractivity contribution in [2.24, 2.45) is 0 Å². The van der Waals surface area contributed by atoms with Gasteiger partial charge < -0.3 is 10.1 Å². The molecule has 1 aromatic carbocycles. The lowest BCUT2D eigenvalue weighted by Gasteiger charge is -1.93. The Hall–Kier alpha value is -2.36. The van der Waals surface area contributed by atoms with Crippen LogP contribution in [0.2, 0.25) is 0 Å². The Morgan fingerprint density at radius 2 is 2.00 bits per heavy atom. The molecule has 0 fully saturated rings. The van der Waals surface area contributed by atoms with Crippen LogP contribution in [0.1, 0.15) is 5.56 Å². The Morgan fingerprint density at radius 3 is 2.71 bits per heavy atom. The van der Waals surface area contributed by atoms with Crippen LogP contribution >= 0.6 is 0 Å². The number of rotatable bonds is 2. The number of H-pyrrole nitrogens is 1. The van der Waals surface area contributed by atoms with Gasteiger partial charge in [0, 0.05) is 5.39 Å². The molecule has 4 nitrogen and oxygen atoms in total. The van der Waals surface area contributed by atoms with Crippen molar-refractivity contribution in [1.82, 2.24) is 4.98 Å². The van der Waals surface area contributed by atoms with Crippen molar-refractivity contribution in [3.63, 3.8) is 0 Å². The molecule has 2 aromatic rings. The van der Waals surface area contributed by atoms with E-state index < -0.39 is 11.3 Å². The minimum atomic E-state index is -0.667. The highest BCUT2D eigenvalue weighted by Crippen LogP contribution is 2.11. The zero-order valence-corrected chi connectivity index (χ0v) is 9.06. The second kappa shape index (κ2) is 4.25. The molecule has 0 atom stereocenters. The number of hydrogen-bond acceptors (Lipinski definition) is 3. The van der Waals surface area contributed by atoms with Gasteiger partial charge in [-0.1, -0.05) is 18.2 Å². The summed E-state index contributed by atoms with van der Waals surface area (Å²) in [6.45, 7) is 3.51. The van der Waals surface area contributed by atoms with Gasteiger partial charge >= 0.3 is 0 Å². The molecule has 0 saturated carbocycles. The van der Waals surface area contributed by atoms with Gasteiger partial charge in [0.1, 0.15) is 0 Å². The Morgan fingerprint density at radius 1 is 1.29 bits per heavy atom. The quantitative estimate of drug-likeness (QED) is 0.763. The number of aromatic amines is 1. The smallest absolute Gasteiger partial charge is 0.290 e. The van der Waals surface area contributed by atoms with Crippen LogP contribution in [0.25, 0.3) is 10.9 Å². The molecule has 2 N–H and O–H groups in total. The average Bonchev–Trinajstić information content (AvgIpc) is 2.42. The van der Waals surface area contributed by atoms with E-state index in [-0.39, 0.29) is 17.4 Å². The number of para-hydroxylation sites is 1. The highest BCUT2D eigenvalue weighted by molar-refractivity contribution is 5.78. The van der Waals surface area contributed by atoms with Gasteiger partial charge in [0.25, 0.3) is 5.56 Å². The number of hydrogen-bond donors (Lipinski definition) is 2. The Balaban J connectivity index is 3.06. The first-order valence-electron chi connectivity index (χ1n) is 5.13. The molecule has 1 heterocycles. The molecule has 0 aliphatic heterocycles. The van der Waals surface area contributed by atoms with Crippen LogP contribution in [0, 0.1) is 0 Å². The topological polar surface area (TPSA) is 70.2 Å². The van der Waals surface area contributed by atoms with Gasteiger partial charge in [0.15, 0.2) is 11.2 Å². The molecule has 0 unspecified atom stereocenters. The minimum Gasteiger partial charge on any atom is -0.503 e. The van der Waals surface area contributed by atoms with Crippen LogP contribution in [0.15, 0.2) is 46.5 Å². The standard InChI is InChI=1S/C13H11NO3/c1-2-5-9-11(15)8-6-3-4-7-10(8)14-13(17)12(9)16/h2-4,6-7,16H,1,5H2,(H,14,17). The number of allylic oxidation sites excluding steroid dienone is 1. The molecule has 0 amide bonds. The van der Waals surface area contributed by atoms with Crippen molar-refractivity contribution in [2.45, 2.75) is 6.42 Å². The predicted molar refractivity (Wildman–Crippen MR) is 66.4 cm³/mol. The maximum atomic E-state index is 12.1. The third-order valence-electron chi connectivity index (χ3n) is 2.54. The molecule has 0 saturated heterocycles. The predicted octanol–water partition coefficient (Wildman–Crippen LogP) is 1.32. The van der Waals surface area contributed by atoms with E-state index in [9.17, 15) is 14.7 Å². The monoisotopic (exact) mass is 229 g/mol. The maximum absolute atomic E-state index is 12.1. The van der Waals surface area contributed by atoms with E-state index in [1.807, 2.05) is 0 Å². The largest absolute Gasteiger partial charge is 0.503 e. The zero-order chi connectivity index (χ0) is 12.4. The molecule has 2 rings (SSSR count). The van der Waals surface area contributed by atoms with Gasteiger partial charge in [-0.25, -0.2) is 0 Å². The summed E-state index contributed by atoms with van der Waals surface area (Å²) in [5, 5.41) is 10.1. The van der Waals surface area contributed by atoms with Gasteiger partial charge in [-0.3, -0.25) is 9.59 Å². The normalized spacial score (nSPS) is 10.4. The first kappa shape index (κ1) is 11.1. The molecule has 0 aliphatic carbocycles. The maximum Gasteiger partial charge on any atom is 0.290 e. The van der Waals surface area contributed by atoms with Gasteiger partial charge in [-0.2, -0.15) is 0 Å². The Labute approximate surface area is 96.9 Å². The van der Waals surface area contributed by atoms with Crippen molar-refractivity contribution in [1.29, 1.82) is 0 Å². The second-order valence-electron chi connectivity index (χ2n) is 3.65. The van der Waals surface area contributed by atoms with Crippen LogP contribution in [0.4, 0.5) is 0 Å². The van der Waals surface area contributed by atoms with Gasteiger partial charge in [0.05, 0.1) is 11.1 Å². The third-order valence-corrected chi connectivity index (χ3v) is 2.54. The van der Waals surface area contributed by atoms with Crippen LogP contribution in [0.5, 0.6) is 5.75 Å². The van der Waals surface area contributed by atoms with E-state index in [2.05, 4.69) is 11.6 Å². The number of fused-ring (bicyclic) bond motifs is 1. The second-order valence-corrected chi connectivity index (χ2v) is 3.65. The van der Waals surface area contributed by atoms with E-state index in [1.54, 1.807) is 24.3 Å². The van der Waals surface area contributed by atoms with Crippen LogP contribution < -0.4 is 11.0 Å². The van der Waals surface area contributed by atoms with Crippen molar-refractivity contribution >= 4 is 10.9 Å². The molecule has 1 aromatic heterocycles. The molecule has 0 spiro atoms. The third kappa shape index (κ3) is 1.85. The van der Waals surface area contributed by atoms with Crippen molar-refractivity contribution in [2.75, 3.05) is 0 Å². The summed E-state index contributed by atoms with van der Waals surface area (Å²) in [4.78, 5) is 26.2. The summed E-state index contributed by atoms with van der Waals surface area (Å²) < 4.78 is 0. The SMILES string of the molecule is C=CCc1c(O)c(=O)[nH]c2ccccc2c1=O. The van der Waals surface area contributed by atoms with Gasteiger partial charge in [0.2, 0.25) is 0 Å². The Kier molecular flexibility index (Phi) is 2.78. The summed E-state index contributed by atoms with van der Waals surface area (Å²) in [5.41, 5.74) is -0.535. The first-order chi connectivity index (χ1) is 8.15. The fourth-order valence-electron chi connectivity index (χ4n) is 1.71. The van der Waals surface area contributed by atoms with Crippen molar-refractivity contribution < 1.29 is 5.11 Å². The van der Waals surface area contributed by atoms with E-state index in [1.165, 1.54) is 6.08 Å². The number of aromatic hydroxyl groups is 1. The molecule has 4 heteroatoms. The summed E-state index contributed by atoms with van der Waals surface area (Å²) in [5.74, 6) is -0.536. The van der Waals surface area contributed by atoms with Crippen LogP contribution in [-0.4, -0.2) is 10.1 Å². The molecule has 17 heavy (non-hydrogen) atoms. The van der Waals surface area contributed by atoms with E-state index >= 15 is 0 Å². The molecule has 0 radical (unpaired) electrons. The lowest BCUT2D eigenvalue weighted by Crippen LogP contribution is -2.08.